The Hall–Kier alpha value is -0.390. The molecule has 0 aromatic rings. The summed E-state index contributed by atoms with van der Waals surface area (Å²) in [6, 6.07) is 0.244. The maximum Gasteiger partial charge on any atom is 0.217 e. The highest BCUT2D eigenvalue weighted by Crippen LogP contribution is 2.06. The smallest absolute Gasteiger partial charge is 0.217 e. The van der Waals surface area contributed by atoms with Crippen LogP contribution in [0, 0.1) is 0 Å². The lowest BCUT2D eigenvalue weighted by Crippen LogP contribution is -2.51. The quantitative estimate of drug-likeness (QED) is 0.647. The van der Waals surface area contributed by atoms with Gasteiger partial charge >= 0.3 is 0 Å². The van der Waals surface area contributed by atoms with Crippen molar-refractivity contribution in [2.75, 3.05) is 25.4 Å². The first kappa shape index (κ1) is 10.7. The molecule has 0 aromatic heterocycles. The Labute approximate surface area is 79.7 Å². The van der Waals surface area contributed by atoms with Gasteiger partial charge in [0, 0.05) is 25.7 Å². The van der Waals surface area contributed by atoms with Gasteiger partial charge in [-0.1, -0.05) is 6.08 Å². The lowest BCUT2D eigenvalue weighted by molar-refractivity contribution is 0.311. The van der Waals surface area contributed by atoms with Crippen LogP contribution >= 0.6 is 0 Å². The molecule has 0 unspecified atom stereocenters. The van der Waals surface area contributed by atoms with Gasteiger partial charge < -0.3 is 5.32 Å². The molecule has 0 aliphatic carbocycles. The summed E-state index contributed by atoms with van der Waals surface area (Å²) < 4.78 is 24.6. The molecule has 0 spiro atoms. The Kier molecular flexibility index (Phi) is 3.47. The first-order valence-corrected chi connectivity index (χ1v) is 5.99. The fourth-order valence-electron chi connectivity index (χ4n) is 1.40. The Morgan fingerprint density at radius 3 is 2.92 bits per heavy atom. The zero-order valence-electron chi connectivity index (χ0n) is 7.86. The molecule has 1 fully saturated rings. The molecule has 76 valence electrons. The fourth-order valence-corrected chi connectivity index (χ4v) is 2.73. The van der Waals surface area contributed by atoms with Gasteiger partial charge in [0.15, 0.2) is 0 Å². The van der Waals surface area contributed by atoms with Crippen molar-refractivity contribution in [2.45, 2.75) is 13.0 Å². The second-order valence-corrected chi connectivity index (χ2v) is 5.29. The molecule has 5 heteroatoms. The zero-order chi connectivity index (χ0) is 9.90. The van der Waals surface area contributed by atoms with Crippen LogP contribution in [0.2, 0.25) is 0 Å². The van der Waals surface area contributed by atoms with Gasteiger partial charge in [-0.15, -0.1) is 6.58 Å². The summed E-state index contributed by atoms with van der Waals surface area (Å²) in [6.07, 6.45) is 1.43. The Bertz CT molecular complexity index is 274. The van der Waals surface area contributed by atoms with Crippen LogP contribution in [0.15, 0.2) is 12.7 Å². The predicted molar refractivity (Wildman–Crippen MR) is 53.0 cm³/mol. The van der Waals surface area contributed by atoms with Crippen LogP contribution in [0.4, 0.5) is 0 Å². The molecule has 0 saturated carbocycles. The summed E-state index contributed by atoms with van der Waals surface area (Å²) in [6.45, 7) is 7.29. The van der Waals surface area contributed by atoms with Gasteiger partial charge in [-0.3, -0.25) is 0 Å². The van der Waals surface area contributed by atoms with E-state index in [0.717, 1.165) is 6.54 Å². The molecule has 0 amide bonds. The highest BCUT2D eigenvalue weighted by Gasteiger charge is 2.25. The summed E-state index contributed by atoms with van der Waals surface area (Å²) in [7, 11) is -3.09. The monoisotopic (exact) mass is 204 g/mol. The molecule has 4 nitrogen and oxygen atoms in total. The topological polar surface area (TPSA) is 49.4 Å². The van der Waals surface area contributed by atoms with Gasteiger partial charge in [0.2, 0.25) is 10.0 Å². The lowest BCUT2D eigenvalue weighted by atomic mass is 10.3. The van der Waals surface area contributed by atoms with E-state index in [1.54, 1.807) is 0 Å². The zero-order valence-corrected chi connectivity index (χ0v) is 8.68. The number of nitrogens with one attached hydrogen (secondary N) is 1. The highest BCUT2D eigenvalue weighted by molar-refractivity contribution is 7.89. The fraction of sp³-hybridized carbons (Fsp3) is 0.750. The number of hydrogen-bond acceptors (Lipinski definition) is 3. The summed E-state index contributed by atoms with van der Waals surface area (Å²) in [5.74, 6) is 0.0414. The van der Waals surface area contributed by atoms with E-state index in [0.29, 0.717) is 13.1 Å². The molecule has 1 atom stereocenters. The first-order valence-electron chi connectivity index (χ1n) is 4.38. The normalized spacial score (nSPS) is 25.8. The minimum Gasteiger partial charge on any atom is -0.312 e. The minimum absolute atomic E-state index is 0.0414. The standard InChI is InChI=1S/C8H16N2O2S/c1-3-6-13(11,12)10-5-4-9-8(2)7-10/h3,8-9H,1,4-7H2,2H3/t8-/m1/s1. The van der Waals surface area contributed by atoms with Crippen LogP contribution in [-0.4, -0.2) is 44.2 Å². The lowest BCUT2D eigenvalue weighted by Gasteiger charge is -2.30. The van der Waals surface area contributed by atoms with E-state index in [4.69, 9.17) is 0 Å². The molecule has 1 heterocycles. The molecule has 1 aliphatic rings. The van der Waals surface area contributed by atoms with E-state index < -0.39 is 10.0 Å². The van der Waals surface area contributed by atoms with E-state index in [-0.39, 0.29) is 11.8 Å². The molecule has 1 N–H and O–H groups in total. The van der Waals surface area contributed by atoms with Crippen LogP contribution in [0.25, 0.3) is 0 Å². The molecule has 0 bridgehead atoms. The Balaban J connectivity index is 2.65. The van der Waals surface area contributed by atoms with Gasteiger partial charge in [0.1, 0.15) is 0 Å². The maximum atomic E-state index is 11.6. The average Bonchev–Trinajstić information content (AvgIpc) is 2.04. The van der Waals surface area contributed by atoms with E-state index >= 15 is 0 Å². The van der Waals surface area contributed by atoms with Crippen molar-refractivity contribution in [3.8, 4) is 0 Å². The van der Waals surface area contributed by atoms with Crippen molar-refractivity contribution in [3.63, 3.8) is 0 Å². The van der Waals surface area contributed by atoms with Crippen LogP contribution in [0.1, 0.15) is 6.92 Å². The number of rotatable bonds is 3. The number of hydrogen-bond donors (Lipinski definition) is 1. The Morgan fingerprint density at radius 2 is 2.38 bits per heavy atom. The number of piperazine rings is 1. The molecule has 0 radical (unpaired) electrons. The minimum atomic E-state index is -3.09. The van der Waals surface area contributed by atoms with Gasteiger partial charge in [0.05, 0.1) is 5.75 Å². The van der Waals surface area contributed by atoms with Gasteiger partial charge in [-0.05, 0) is 6.92 Å². The van der Waals surface area contributed by atoms with Crippen LogP contribution < -0.4 is 5.32 Å². The van der Waals surface area contributed by atoms with E-state index in [9.17, 15) is 8.42 Å². The summed E-state index contributed by atoms with van der Waals surface area (Å²) in [4.78, 5) is 0. The Morgan fingerprint density at radius 1 is 1.69 bits per heavy atom. The first-order chi connectivity index (χ1) is 6.06. The third-order valence-electron chi connectivity index (χ3n) is 2.05. The number of nitrogens with zero attached hydrogens (tertiary/aromatic N) is 1. The second-order valence-electron chi connectivity index (χ2n) is 3.28. The van der Waals surface area contributed by atoms with Crippen molar-refractivity contribution >= 4 is 10.0 Å². The molecule has 1 saturated heterocycles. The van der Waals surface area contributed by atoms with Crippen LogP contribution in [-0.2, 0) is 10.0 Å². The second kappa shape index (κ2) is 4.21. The van der Waals surface area contributed by atoms with Crippen LogP contribution in [0.5, 0.6) is 0 Å². The predicted octanol–water partition coefficient (Wildman–Crippen LogP) is -0.204. The molecule has 1 rings (SSSR count). The van der Waals surface area contributed by atoms with Gasteiger partial charge in [0.25, 0.3) is 0 Å². The molecule has 0 aromatic carbocycles. The largest absolute Gasteiger partial charge is 0.312 e. The highest BCUT2D eigenvalue weighted by atomic mass is 32.2. The van der Waals surface area contributed by atoms with Crippen LogP contribution in [0.3, 0.4) is 0 Å². The summed E-state index contributed by atoms with van der Waals surface area (Å²) >= 11 is 0. The average molecular weight is 204 g/mol. The van der Waals surface area contributed by atoms with E-state index in [1.165, 1.54) is 10.4 Å². The van der Waals surface area contributed by atoms with Crippen molar-refractivity contribution in [2.24, 2.45) is 0 Å². The third-order valence-corrected chi connectivity index (χ3v) is 3.83. The van der Waals surface area contributed by atoms with Crippen molar-refractivity contribution in [1.82, 2.24) is 9.62 Å². The van der Waals surface area contributed by atoms with Gasteiger partial charge in [-0.2, -0.15) is 4.31 Å². The van der Waals surface area contributed by atoms with Crippen molar-refractivity contribution < 1.29 is 8.42 Å². The van der Waals surface area contributed by atoms with E-state index in [2.05, 4.69) is 11.9 Å². The third kappa shape index (κ3) is 2.79. The summed E-state index contributed by atoms with van der Waals surface area (Å²) in [5, 5.41) is 3.19. The molecule has 13 heavy (non-hydrogen) atoms. The molecule has 1 aliphatic heterocycles. The maximum absolute atomic E-state index is 11.6. The van der Waals surface area contributed by atoms with Crippen molar-refractivity contribution in [3.05, 3.63) is 12.7 Å². The molecular formula is C8H16N2O2S. The van der Waals surface area contributed by atoms with Crippen molar-refractivity contribution in [1.29, 1.82) is 0 Å². The van der Waals surface area contributed by atoms with E-state index in [1.807, 2.05) is 6.92 Å². The number of sulfonamides is 1. The SMILES string of the molecule is C=CCS(=O)(=O)N1CCN[C@H](C)C1. The van der Waals surface area contributed by atoms with Gasteiger partial charge in [-0.25, -0.2) is 8.42 Å². The summed E-state index contributed by atoms with van der Waals surface area (Å²) in [5.41, 5.74) is 0. The molecular weight excluding hydrogens is 188 g/mol.